The number of hydrogen-bond donors (Lipinski definition) is 6. The van der Waals surface area contributed by atoms with Crippen LogP contribution in [-0.2, 0) is 14.3 Å². The molecule has 0 saturated carbocycles. The van der Waals surface area contributed by atoms with E-state index in [4.69, 9.17) is 9.47 Å². The predicted molar refractivity (Wildman–Crippen MR) is 239 cm³/mol. The Kier molecular flexibility index (Phi) is 36.3. The van der Waals surface area contributed by atoms with Crippen LogP contribution in [0.25, 0.3) is 0 Å². The number of rotatable bonds is 38. The van der Waals surface area contributed by atoms with Crippen LogP contribution in [0.4, 0.5) is 0 Å². The predicted octanol–water partition coefficient (Wildman–Crippen LogP) is 10.0. The summed E-state index contributed by atoms with van der Waals surface area (Å²) in [6.07, 6.45) is 44.2. The van der Waals surface area contributed by atoms with Crippen LogP contribution in [0, 0.1) is 0 Å². The second-order valence-electron chi connectivity index (χ2n) is 16.2. The molecule has 1 aliphatic rings. The SMILES string of the molecule is CCCC/C=C/CC/C=C/CC/C=C/C(O)C(COC1OC(CO)C(O)C(O)C1O)NC(=O)CCCCCCCCC/C=C\C/C=C\CCCCCCCCCCC. The van der Waals surface area contributed by atoms with Gasteiger partial charge >= 0.3 is 0 Å². The molecular formula is C49H87NO8. The average molecular weight is 818 g/mol. The number of carbonyl (C=O) groups excluding carboxylic acids is 1. The molecule has 0 aromatic rings. The molecule has 0 aliphatic carbocycles. The highest BCUT2D eigenvalue weighted by atomic mass is 16.7. The standard InChI is InChI=1S/C49H87NO8/c1-3-5-7-9-11-13-15-17-18-19-20-21-22-23-24-25-26-27-29-31-33-35-37-39-45(53)50-42(41-57-49-48(56)47(55)46(54)44(40-51)58-49)43(52)38-36-34-32-30-28-16-14-12-10-8-6-4-2/h10,12,20-21,23-24,28,30,36,38,42-44,46-49,51-52,54-56H,3-9,11,13-19,22,25-27,29,31-35,37,39-41H2,1-2H3,(H,50,53)/b12-10+,21-20-,24-23-,30-28+,38-36+. The first-order chi connectivity index (χ1) is 28.3. The number of amides is 1. The molecular weight excluding hydrogens is 731 g/mol. The third kappa shape index (κ3) is 29.2. The molecule has 1 amide bonds. The van der Waals surface area contributed by atoms with E-state index in [-0.39, 0.29) is 12.5 Å². The highest BCUT2D eigenvalue weighted by Crippen LogP contribution is 2.22. The van der Waals surface area contributed by atoms with E-state index in [2.05, 4.69) is 67.8 Å². The molecule has 0 aromatic carbocycles. The Morgan fingerprint density at radius 2 is 1.05 bits per heavy atom. The molecule has 1 saturated heterocycles. The van der Waals surface area contributed by atoms with Gasteiger partial charge in [0, 0.05) is 6.42 Å². The highest BCUT2D eigenvalue weighted by molar-refractivity contribution is 5.76. The van der Waals surface area contributed by atoms with Crippen molar-refractivity contribution < 1.29 is 39.8 Å². The Morgan fingerprint density at radius 3 is 1.60 bits per heavy atom. The molecule has 7 atom stereocenters. The zero-order valence-electron chi connectivity index (χ0n) is 36.8. The molecule has 0 aromatic heterocycles. The minimum absolute atomic E-state index is 0.202. The zero-order chi connectivity index (χ0) is 42.3. The van der Waals surface area contributed by atoms with Gasteiger partial charge in [0.25, 0.3) is 0 Å². The Hall–Kier alpha value is -2.11. The molecule has 7 unspecified atom stereocenters. The Balaban J connectivity index is 2.32. The van der Waals surface area contributed by atoms with Gasteiger partial charge in [0.05, 0.1) is 25.4 Å². The van der Waals surface area contributed by atoms with E-state index < -0.39 is 49.5 Å². The summed E-state index contributed by atoms with van der Waals surface area (Å²) in [5.41, 5.74) is 0. The van der Waals surface area contributed by atoms with Gasteiger partial charge in [-0.15, -0.1) is 0 Å². The summed E-state index contributed by atoms with van der Waals surface area (Å²) in [7, 11) is 0. The van der Waals surface area contributed by atoms with Crippen molar-refractivity contribution in [2.75, 3.05) is 13.2 Å². The molecule has 9 heteroatoms. The minimum atomic E-state index is -1.58. The van der Waals surface area contributed by atoms with Crippen LogP contribution in [0.3, 0.4) is 0 Å². The van der Waals surface area contributed by atoms with Crippen molar-refractivity contribution in [3.8, 4) is 0 Å². The number of hydrogen-bond acceptors (Lipinski definition) is 8. The monoisotopic (exact) mass is 818 g/mol. The van der Waals surface area contributed by atoms with Gasteiger partial charge in [-0.25, -0.2) is 0 Å². The molecule has 6 N–H and O–H groups in total. The quantitative estimate of drug-likeness (QED) is 0.0267. The number of allylic oxidation sites excluding steroid dienone is 9. The number of ether oxygens (including phenoxy) is 2. The summed E-state index contributed by atoms with van der Waals surface area (Å²) < 4.78 is 11.2. The summed E-state index contributed by atoms with van der Waals surface area (Å²) >= 11 is 0. The number of aliphatic hydroxyl groups is 5. The van der Waals surface area contributed by atoms with Crippen molar-refractivity contribution in [3.05, 3.63) is 60.8 Å². The van der Waals surface area contributed by atoms with E-state index in [9.17, 15) is 30.3 Å². The maximum absolute atomic E-state index is 12.9. The van der Waals surface area contributed by atoms with Gasteiger partial charge in [0.1, 0.15) is 24.4 Å². The molecule has 1 rings (SSSR count). The van der Waals surface area contributed by atoms with E-state index in [1.54, 1.807) is 6.08 Å². The van der Waals surface area contributed by atoms with Crippen molar-refractivity contribution in [1.29, 1.82) is 0 Å². The second-order valence-corrected chi connectivity index (χ2v) is 16.2. The summed E-state index contributed by atoms with van der Waals surface area (Å²) in [5.74, 6) is -0.202. The lowest BCUT2D eigenvalue weighted by molar-refractivity contribution is -0.302. The van der Waals surface area contributed by atoms with Gasteiger partial charge < -0.3 is 40.3 Å². The average Bonchev–Trinajstić information content (AvgIpc) is 3.22. The lowest BCUT2D eigenvalue weighted by Gasteiger charge is -2.40. The fourth-order valence-corrected chi connectivity index (χ4v) is 6.97. The number of carbonyl (C=O) groups is 1. The molecule has 0 bridgehead atoms. The summed E-state index contributed by atoms with van der Waals surface area (Å²) in [4.78, 5) is 12.9. The molecule has 58 heavy (non-hydrogen) atoms. The second kappa shape index (κ2) is 39.1. The van der Waals surface area contributed by atoms with Crippen LogP contribution in [0.5, 0.6) is 0 Å². The first-order valence-corrected chi connectivity index (χ1v) is 23.5. The third-order valence-corrected chi connectivity index (χ3v) is 10.8. The van der Waals surface area contributed by atoms with Gasteiger partial charge in [-0.1, -0.05) is 171 Å². The Morgan fingerprint density at radius 1 is 0.586 bits per heavy atom. The van der Waals surface area contributed by atoms with E-state index >= 15 is 0 Å². The minimum Gasteiger partial charge on any atom is -0.394 e. The Labute approximate surface area is 354 Å². The van der Waals surface area contributed by atoms with Gasteiger partial charge in [-0.05, 0) is 70.6 Å². The first kappa shape index (κ1) is 53.9. The van der Waals surface area contributed by atoms with Gasteiger partial charge in [-0.3, -0.25) is 4.79 Å². The lowest BCUT2D eigenvalue weighted by atomic mass is 9.99. The van der Waals surface area contributed by atoms with Crippen LogP contribution in [0.1, 0.15) is 187 Å². The molecule has 0 spiro atoms. The van der Waals surface area contributed by atoms with Crippen LogP contribution < -0.4 is 5.32 Å². The van der Waals surface area contributed by atoms with Crippen molar-refractivity contribution >= 4 is 5.91 Å². The van der Waals surface area contributed by atoms with E-state index in [1.807, 2.05) is 6.08 Å². The third-order valence-electron chi connectivity index (χ3n) is 10.8. The molecule has 1 aliphatic heterocycles. The van der Waals surface area contributed by atoms with Gasteiger partial charge in [0.15, 0.2) is 6.29 Å². The van der Waals surface area contributed by atoms with Crippen molar-refractivity contribution in [2.24, 2.45) is 0 Å². The van der Waals surface area contributed by atoms with Gasteiger partial charge in [-0.2, -0.15) is 0 Å². The first-order valence-electron chi connectivity index (χ1n) is 23.5. The molecule has 1 fully saturated rings. The summed E-state index contributed by atoms with van der Waals surface area (Å²) in [5, 5.41) is 54.1. The van der Waals surface area contributed by atoms with Crippen molar-refractivity contribution in [1.82, 2.24) is 5.32 Å². The summed E-state index contributed by atoms with van der Waals surface area (Å²) in [6, 6.07) is -0.833. The van der Waals surface area contributed by atoms with Gasteiger partial charge in [0.2, 0.25) is 5.91 Å². The molecule has 0 radical (unpaired) electrons. The number of nitrogens with one attached hydrogen (secondary N) is 1. The molecule has 336 valence electrons. The van der Waals surface area contributed by atoms with Crippen molar-refractivity contribution in [2.45, 2.75) is 230 Å². The van der Waals surface area contributed by atoms with Crippen LogP contribution in [0.2, 0.25) is 0 Å². The maximum Gasteiger partial charge on any atom is 0.220 e. The number of unbranched alkanes of at least 4 members (excludes halogenated alkanes) is 20. The summed E-state index contributed by atoms with van der Waals surface area (Å²) in [6.45, 7) is 3.68. The molecule has 1 heterocycles. The van der Waals surface area contributed by atoms with Crippen LogP contribution in [0.15, 0.2) is 60.8 Å². The van der Waals surface area contributed by atoms with Crippen LogP contribution >= 0.6 is 0 Å². The van der Waals surface area contributed by atoms with Crippen LogP contribution in [-0.4, -0.2) is 87.5 Å². The van der Waals surface area contributed by atoms with E-state index in [0.717, 1.165) is 70.6 Å². The molecule has 9 nitrogen and oxygen atoms in total. The zero-order valence-corrected chi connectivity index (χ0v) is 36.8. The normalized spacial score (nSPS) is 21.4. The fraction of sp³-hybridized carbons (Fsp3) is 0.776. The smallest absolute Gasteiger partial charge is 0.220 e. The maximum atomic E-state index is 12.9. The number of aliphatic hydroxyl groups excluding tert-OH is 5. The van der Waals surface area contributed by atoms with E-state index in [0.29, 0.717) is 6.42 Å². The topological polar surface area (TPSA) is 149 Å². The highest BCUT2D eigenvalue weighted by Gasteiger charge is 2.44. The van der Waals surface area contributed by atoms with E-state index in [1.165, 1.54) is 96.3 Å². The fourth-order valence-electron chi connectivity index (χ4n) is 6.97. The largest absolute Gasteiger partial charge is 0.394 e. The lowest BCUT2D eigenvalue weighted by Crippen LogP contribution is -2.60. The Bertz CT molecular complexity index is 1090. The van der Waals surface area contributed by atoms with Crippen molar-refractivity contribution in [3.63, 3.8) is 0 Å².